The fourth-order valence-electron chi connectivity index (χ4n) is 2.73. The number of ether oxygens (including phenoxy) is 4. The van der Waals surface area contributed by atoms with Crippen molar-refractivity contribution >= 4 is 17.7 Å². The van der Waals surface area contributed by atoms with Crippen molar-refractivity contribution in [2.75, 3.05) is 14.2 Å². The fourth-order valence-corrected chi connectivity index (χ4v) is 2.73. The molecule has 0 aromatic heterocycles. The molecule has 6 nitrogen and oxygen atoms in total. The van der Waals surface area contributed by atoms with Gasteiger partial charge in [-0.1, -0.05) is 13.3 Å². The normalized spacial score (nSPS) is 13.9. The number of cyclic esters (lactones) is 1. The van der Waals surface area contributed by atoms with Crippen LogP contribution in [0.1, 0.15) is 46.0 Å². The molecular formula is C21H20O6. The Bertz CT molecular complexity index is 913. The highest BCUT2D eigenvalue weighted by atomic mass is 16.5. The van der Waals surface area contributed by atoms with Crippen molar-refractivity contribution in [2.24, 2.45) is 0 Å². The lowest BCUT2D eigenvalue weighted by atomic mass is 10.1. The Labute approximate surface area is 157 Å². The third kappa shape index (κ3) is 3.79. The Morgan fingerprint density at radius 1 is 1.04 bits per heavy atom. The minimum absolute atomic E-state index is 0.322. The van der Waals surface area contributed by atoms with Gasteiger partial charge < -0.3 is 18.9 Å². The second kappa shape index (κ2) is 7.95. The molecule has 0 saturated carbocycles. The first kappa shape index (κ1) is 18.5. The lowest BCUT2D eigenvalue weighted by Crippen LogP contribution is -2.09. The van der Waals surface area contributed by atoms with Gasteiger partial charge >= 0.3 is 11.9 Å². The van der Waals surface area contributed by atoms with Crippen molar-refractivity contribution in [2.45, 2.75) is 19.8 Å². The number of hydrogen-bond donors (Lipinski definition) is 0. The summed E-state index contributed by atoms with van der Waals surface area (Å²) >= 11 is 0. The number of carbonyl (C=O) groups excluding carboxylic acids is 2. The average Bonchev–Trinajstić information content (AvgIpc) is 3.00. The molecule has 1 aliphatic rings. The number of unbranched alkanes of at least 4 members (excludes halogenated alkanes) is 1. The largest absolute Gasteiger partial charge is 0.493 e. The highest BCUT2D eigenvalue weighted by Gasteiger charge is 2.27. The number of methoxy groups -OCH3 is 2. The van der Waals surface area contributed by atoms with Crippen molar-refractivity contribution in [3.8, 4) is 17.2 Å². The molecule has 0 fully saturated rings. The third-order valence-electron chi connectivity index (χ3n) is 4.13. The van der Waals surface area contributed by atoms with Crippen LogP contribution in [0.3, 0.4) is 0 Å². The van der Waals surface area contributed by atoms with E-state index in [4.69, 9.17) is 18.9 Å². The first-order valence-corrected chi connectivity index (χ1v) is 8.58. The summed E-state index contributed by atoms with van der Waals surface area (Å²) in [5.41, 5.74) is 1.41. The molecule has 0 radical (unpaired) electrons. The van der Waals surface area contributed by atoms with E-state index in [0.717, 1.165) is 12.8 Å². The van der Waals surface area contributed by atoms with Crippen LogP contribution in [0.25, 0.3) is 5.76 Å². The van der Waals surface area contributed by atoms with E-state index in [0.29, 0.717) is 39.7 Å². The lowest BCUT2D eigenvalue weighted by Gasteiger charge is -2.10. The van der Waals surface area contributed by atoms with E-state index in [1.807, 2.05) is 13.0 Å². The maximum absolute atomic E-state index is 12.5. The summed E-state index contributed by atoms with van der Waals surface area (Å²) in [7, 11) is 3.02. The zero-order chi connectivity index (χ0) is 19.4. The number of fused-ring (bicyclic) bond motifs is 1. The van der Waals surface area contributed by atoms with Crippen LogP contribution >= 0.6 is 0 Å². The van der Waals surface area contributed by atoms with E-state index < -0.39 is 11.9 Å². The van der Waals surface area contributed by atoms with E-state index >= 15 is 0 Å². The van der Waals surface area contributed by atoms with Crippen molar-refractivity contribution in [1.82, 2.24) is 0 Å². The molecule has 0 atom stereocenters. The second-order valence-corrected chi connectivity index (χ2v) is 5.91. The van der Waals surface area contributed by atoms with Crippen LogP contribution in [-0.2, 0) is 4.74 Å². The number of rotatable bonds is 6. The molecule has 0 amide bonds. The van der Waals surface area contributed by atoms with Crippen molar-refractivity contribution in [1.29, 1.82) is 0 Å². The van der Waals surface area contributed by atoms with Crippen LogP contribution in [0.4, 0.5) is 0 Å². The Hall–Kier alpha value is -3.28. The number of benzene rings is 2. The van der Waals surface area contributed by atoms with E-state index in [1.165, 1.54) is 14.2 Å². The molecule has 1 heterocycles. The topological polar surface area (TPSA) is 71.1 Å². The molecule has 0 unspecified atom stereocenters. The van der Waals surface area contributed by atoms with Crippen LogP contribution in [0.15, 0.2) is 42.5 Å². The molecule has 0 bridgehead atoms. The predicted octanol–water partition coefficient (Wildman–Crippen LogP) is 4.23. The van der Waals surface area contributed by atoms with Crippen LogP contribution in [0.2, 0.25) is 0 Å². The van der Waals surface area contributed by atoms with Gasteiger partial charge in [0.25, 0.3) is 0 Å². The van der Waals surface area contributed by atoms with Crippen molar-refractivity contribution < 1.29 is 28.5 Å². The van der Waals surface area contributed by atoms with Crippen LogP contribution in [-0.4, -0.2) is 26.2 Å². The highest BCUT2D eigenvalue weighted by molar-refractivity contribution is 6.03. The van der Waals surface area contributed by atoms with E-state index in [2.05, 4.69) is 0 Å². The monoisotopic (exact) mass is 368 g/mol. The van der Waals surface area contributed by atoms with Gasteiger partial charge in [0, 0.05) is 5.56 Å². The molecule has 3 rings (SSSR count). The summed E-state index contributed by atoms with van der Waals surface area (Å²) < 4.78 is 21.1. The van der Waals surface area contributed by atoms with Crippen LogP contribution in [0.5, 0.6) is 17.2 Å². The van der Waals surface area contributed by atoms with Gasteiger partial charge in [-0.15, -0.1) is 0 Å². The molecule has 2 aromatic rings. The summed E-state index contributed by atoms with van der Waals surface area (Å²) in [6.07, 6.45) is 3.59. The molecular weight excluding hydrogens is 348 g/mol. The van der Waals surface area contributed by atoms with Gasteiger partial charge in [0.1, 0.15) is 11.5 Å². The van der Waals surface area contributed by atoms with Gasteiger partial charge in [0.05, 0.1) is 25.3 Å². The standard InChI is InChI=1S/C21H20O6/c1-4-5-6-17-16-12-14(8-9-15(16)21(23)27-17)26-20(22)13-7-10-18(24-2)19(11-13)25-3/h6-12H,4-5H2,1-3H3/b17-6-. The molecule has 140 valence electrons. The van der Waals surface area contributed by atoms with Crippen molar-refractivity contribution in [3.05, 3.63) is 59.2 Å². The lowest BCUT2D eigenvalue weighted by molar-refractivity contribution is 0.0712. The molecule has 6 heteroatoms. The molecule has 0 N–H and O–H groups in total. The van der Waals surface area contributed by atoms with Crippen molar-refractivity contribution in [3.63, 3.8) is 0 Å². The Balaban J connectivity index is 1.84. The Kier molecular flexibility index (Phi) is 5.45. The van der Waals surface area contributed by atoms with E-state index in [9.17, 15) is 9.59 Å². The van der Waals surface area contributed by atoms with Gasteiger partial charge in [-0.05, 0) is 48.9 Å². The molecule has 27 heavy (non-hydrogen) atoms. The maximum atomic E-state index is 12.5. The molecule has 0 aliphatic carbocycles. The summed E-state index contributed by atoms with van der Waals surface area (Å²) in [4.78, 5) is 24.4. The molecule has 0 saturated heterocycles. The SMILES string of the molecule is CCC/C=C1\OC(=O)c2ccc(OC(=O)c3ccc(OC)c(OC)c3)cc21. The number of carbonyl (C=O) groups is 2. The summed E-state index contributed by atoms with van der Waals surface area (Å²) in [5, 5.41) is 0. The predicted molar refractivity (Wildman–Crippen MR) is 99.2 cm³/mol. The number of hydrogen-bond acceptors (Lipinski definition) is 6. The van der Waals surface area contributed by atoms with Crippen LogP contribution < -0.4 is 14.2 Å². The minimum Gasteiger partial charge on any atom is -0.493 e. The van der Waals surface area contributed by atoms with Gasteiger partial charge in [0.2, 0.25) is 0 Å². The second-order valence-electron chi connectivity index (χ2n) is 5.91. The minimum atomic E-state index is -0.541. The summed E-state index contributed by atoms with van der Waals surface area (Å²) in [6.45, 7) is 2.04. The zero-order valence-electron chi connectivity index (χ0n) is 15.4. The first-order chi connectivity index (χ1) is 13.1. The summed E-state index contributed by atoms with van der Waals surface area (Å²) in [6, 6.07) is 9.59. The van der Waals surface area contributed by atoms with E-state index in [-0.39, 0.29) is 0 Å². The fraction of sp³-hybridized carbons (Fsp3) is 0.238. The zero-order valence-corrected chi connectivity index (χ0v) is 15.4. The number of allylic oxidation sites excluding steroid dienone is 1. The number of esters is 2. The third-order valence-corrected chi connectivity index (χ3v) is 4.13. The first-order valence-electron chi connectivity index (χ1n) is 8.58. The average molecular weight is 368 g/mol. The summed E-state index contributed by atoms with van der Waals surface area (Å²) in [5.74, 6) is 0.845. The van der Waals surface area contributed by atoms with Crippen LogP contribution in [0, 0.1) is 0 Å². The smallest absolute Gasteiger partial charge is 0.344 e. The van der Waals surface area contributed by atoms with Gasteiger partial charge in [-0.3, -0.25) is 0 Å². The Morgan fingerprint density at radius 2 is 1.81 bits per heavy atom. The Morgan fingerprint density at radius 3 is 2.52 bits per heavy atom. The quantitative estimate of drug-likeness (QED) is 0.561. The van der Waals surface area contributed by atoms with E-state index in [1.54, 1.807) is 36.4 Å². The molecule has 0 spiro atoms. The van der Waals surface area contributed by atoms with Gasteiger partial charge in [0.15, 0.2) is 11.5 Å². The highest BCUT2D eigenvalue weighted by Crippen LogP contribution is 2.33. The molecule has 2 aromatic carbocycles. The molecule has 1 aliphatic heterocycles. The maximum Gasteiger partial charge on any atom is 0.344 e. The van der Waals surface area contributed by atoms with Gasteiger partial charge in [-0.2, -0.15) is 0 Å². The van der Waals surface area contributed by atoms with Gasteiger partial charge in [-0.25, -0.2) is 9.59 Å².